The first kappa shape index (κ1) is 6.32. The van der Waals surface area contributed by atoms with E-state index in [0.717, 1.165) is 0 Å². The lowest BCUT2D eigenvalue weighted by Crippen LogP contribution is -2.31. The quantitative estimate of drug-likeness (QED) is 0.396. The van der Waals surface area contributed by atoms with Crippen LogP contribution in [0, 0.1) is 0 Å². The maximum Gasteiger partial charge on any atom is 0.123 e. The van der Waals surface area contributed by atoms with Crippen molar-refractivity contribution in [3.05, 3.63) is 23.9 Å². The number of allylic oxidation sites excluding steroid dienone is 2. The molecule has 0 bridgehead atoms. The van der Waals surface area contributed by atoms with Crippen LogP contribution in [0.4, 0.5) is 0 Å². The molecule has 50 valence electrons. The fourth-order valence-electron chi connectivity index (χ4n) is 0.682. The van der Waals surface area contributed by atoms with Crippen LogP contribution in [0.2, 0.25) is 0 Å². The van der Waals surface area contributed by atoms with Crippen LogP contribution in [0.25, 0.3) is 0 Å². The van der Waals surface area contributed by atoms with E-state index in [1.165, 1.54) is 6.08 Å². The minimum absolute atomic E-state index is 0.310. The Bertz CT molecular complexity index is 162. The third kappa shape index (κ3) is 1.12. The monoisotopic (exact) mass is 127 g/mol. The summed E-state index contributed by atoms with van der Waals surface area (Å²) in [6.45, 7) is 0. The highest BCUT2D eigenvalue weighted by Crippen LogP contribution is 2.07. The molecule has 1 aliphatic rings. The Morgan fingerprint density at radius 2 is 2.11 bits per heavy atom. The Balaban J connectivity index is 2.73. The predicted molar refractivity (Wildman–Crippen MR) is 33.4 cm³/mol. The van der Waals surface area contributed by atoms with Gasteiger partial charge in [-0.1, -0.05) is 12.2 Å². The fourth-order valence-corrected chi connectivity index (χ4v) is 0.682. The maximum atomic E-state index is 8.95. The maximum absolute atomic E-state index is 8.95. The van der Waals surface area contributed by atoms with Gasteiger partial charge in [0.2, 0.25) is 0 Å². The number of hydrogen-bond donors (Lipinski definition) is 3. The van der Waals surface area contributed by atoms with Gasteiger partial charge in [0.25, 0.3) is 0 Å². The van der Waals surface area contributed by atoms with Crippen molar-refractivity contribution in [3.63, 3.8) is 0 Å². The molecule has 4 N–H and O–H groups in total. The van der Waals surface area contributed by atoms with Crippen LogP contribution in [0.15, 0.2) is 23.9 Å². The molecule has 0 fully saturated rings. The molecule has 0 aromatic carbocycles. The highest BCUT2D eigenvalue weighted by Gasteiger charge is 2.17. The van der Waals surface area contributed by atoms with Crippen molar-refractivity contribution in [2.24, 2.45) is 5.73 Å². The Hall–Kier alpha value is -0.800. The van der Waals surface area contributed by atoms with Gasteiger partial charge < -0.3 is 15.9 Å². The van der Waals surface area contributed by atoms with Gasteiger partial charge in [0.1, 0.15) is 12.2 Å². The molecular formula is C6H9NO2. The first-order valence-corrected chi connectivity index (χ1v) is 2.72. The van der Waals surface area contributed by atoms with Crippen LogP contribution in [0.1, 0.15) is 0 Å². The van der Waals surface area contributed by atoms with E-state index < -0.39 is 12.2 Å². The van der Waals surface area contributed by atoms with E-state index in [2.05, 4.69) is 0 Å². The number of nitrogens with two attached hydrogens (primary N) is 1. The molecule has 0 amide bonds. The summed E-state index contributed by atoms with van der Waals surface area (Å²) < 4.78 is 0. The molecule has 0 spiro atoms. The molecule has 2 atom stereocenters. The van der Waals surface area contributed by atoms with Crippen molar-refractivity contribution in [3.8, 4) is 0 Å². The summed E-state index contributed by atoms with van der Waals surface area (Å²) in [4.78, 5) is 0. The number of hydrogen-bond acceptors (Lipinski definition) is 3. The SMILES string of the molecule is NC1=CC=C[C@H](O)[C@@H]1O. The highest BCUT2D eigenvalue weighted by atomic mass is 16.3. The van der Waals surface area contributed by atoms with Gasteiger partial charge in [0.15, 0.2) is 0 Å². The second-order valence-corrected chi connectivity index (χ2v) is 1.99. The lowest BCUT2D eigenvalue weighted by molar-refractivity contribution is 0.0705. The Labute approximate surface area is 53.1 Å². The van der Waals surface area contributed by atoms with Gasteiger partial charge >= 0.3 is 0 Å². The van der Waals surface area contributed by atoms with Crippen molar-refractivity contribution in [2.45, 2.75) is 12.2 Å². The van der Waals surface area contributed by atoms with E-state index in [0.29, 0.717) is 5.70 Å². The summed E-state index contributed by atoms with van der Waals surface area (Å²) >= 11 is 0. The van der Waals surface area contributed by atoms with Gasteiger partial charge in [-0.05, 0) is 6.08 Å². The number of rotatable bonds is 0. The molecule has 1 aliphatic carbocycles. The molecule has 0 heterocycles. The standard InChI is InChI=1S/C6H9NO2/c7-4-2-1-3-5(8)6(4)9/h1-3,5-6,8-9H,7H2/t5-,6+/m0/s1. The summed E-state index contributed by atoms with van der Waals surface area (Å²) in [5.74, 6) is 0. The normalized spacial score (nSPS) is 34.2. The van der Waals surface area contributed by atoms with Crippen molar-refractivity contribution < 1.29 is 10.2 Å². The van der Waals surface area contributed by atoms with Crippen LogP contribution >= 0.6 is 0 Å². The second-order valence-electron chi connectivity index (χ2n) is 1.99. The number of aliphatic hydroxyl groups is 2. The highest BCUT2D eigenvalue weighted by molar-refractivity contribution is 5.22. The average molecular weight is 127 g/mol. The predicted octanol–water partition coefficient (Wildman–Crippen LogP) is -0.879. The lowest BCUT2D eigenvalue weighted by Gasteiger charge is -2.17. The zero-order valence-electron chi connectivity index (χ0n) is 4.86. The number of aliphatic hydroxyl groups excluding tert-OH is 2. The molecule has 0 radical (unpaired) electrons. The summed E-state index contributed by atoms with van der Waals surface area (Å²) in [6.07, 6.45) is 2.91. The molecule has 0 saturated heterocycles. The second kappa shape index (κ2) is 2.21. The average Bonchev–Trinajstić information content (AvgIpc) is 1.83. The van der Waals surface area contributed by atoms with Crippen molar-refractivity contribution in [2.75, 3.05) is 0 Å². The first-order valence-electron chi connectivity index (χ1n) is 2.72. The smallest absolute Gasteiger partial charge is 0.123 e. The van der Waals surface area contributed by atoms with E-state index in [4.69, 9.17) is 15.9 Å². The largest absolute Gasteiger partial charge is 0.400 e. The van der Waals surface area contributed by atoms with E-state index in [9.17, 15) is 0 Å². The van der Waals surface area contributed by atoms with Gasteiger partial charge in [-0.2, -0.15) is 0 Å². The molecule has 0 aliphatic heterocycles. The van der Waals surface area contributed by atoms with E-state index >= 15 is 0 Å². The Morgan fingerprint density at radius 1 is 1.44 bits per heavy atom. The first-order chi connectivity index (χ1) is 4.22. The van der Waals surface area contributed by atoms with Crippen molar-refractivity contribution in [1.82, 2.24) is 0 Å². The van der Waals surface area contributed by atoms with Gasteiger partial charge in [-0.15, -0.1) is 0 Å². The lowest BCUT2D eigenvalue weighted by atomic mass is 10.1. The van der Waals surface area contributed by atoms with Crippen LogP contribution in [-0.2, 0) is 0 Å². The molecule has 1 rings (SSSR count). The Morgan fingerprint density at radius 3 is 2.56 bits per heavy atom. The van der Waals surface area contributed by atoms with Crippen molar-refractivity contribution in [1.29, 1.82) is 0 Å². The summed E-state index contributed by atoms with van der Waals surface area (Å²) in [5, 5.41) is 17.8. The third-order valence-corrected chi connectivity index (χ3v) is 1.26. The minimum atomic E-state index is -0.921. The molecule has 0 unspecified atom stereocenters. The van der Waals surface area contributed by atoms with Crippen LogP contribution in [0.5, 0.6) is 0 Å². The minimum Gasteiger partial charge on any atom is -0.400 e. The zero-order chi connectivity index (χ0) is 6.85. The molecule has 0 aromatic heterocycles. The summed E-state index contributed by atoms with van der Waals surface area (Å²) in [7, 11) is 0. The summed E-state index contributed by atoms with van der Waals surface area (Å²) in [6, 6.07) is 0. The van der Waals surface area contributed by atoms with E-state index in [-0.39, 0.29) is 0 Å². The van der Waals surface area contributed by atoms with Crippen molar-refractivity contribution >= 4 is 0 Å². The van der Waals surface area contributed by atoms with Gasteiger partial charge in [-0.3, -0.25) is 0 Å². The van der Waals surface area contributed by atoms with Crippen LogP contribution < -0.4 is 5.73 Å². The zero-order valence-corrected chi connectivity index (χ0v) is 4.86. The van der Waals surface area contributed by atoms with Gasteiger partial charge in [0.05, 0.1) is 0 Å². The topological polar surface area (TPSA) is 66.5 Å². The molecule has 0 aromatic rings. The third-order valence-electron chi connectivity index (χ3n) is 1.26. The van der Waals surface area contributed by atoms with Gasteiger partial charge in [-0.25, -0.2) is 0 Å². The van der Waals surface area contributed by atoms with Crippen LogP contribution in [0.3, 0.4) is 0 Å². The van der Waals surface area contributed by atoms with Crippen LogP contribution in [-0.4, -0.2) is 22.4 Å². The Kier molecular flexibility index (Phi) is 1.55. The molecule has 0 saturated carbocycles. The molecule has 3 heteroatoms. The van der Waals surface area contributed by atoms with Gasteiger partial charge in [0, 0.05) is 5.70 Å². The van der Waals surface area contributed by atoms with E-state index in [1.807, 2.05) is 0 Å². The molecular weight excluding hydrogens is 118 g/mol. The molecule has 9 heavy (non-hydrogen) atoms. The summed E-state index contributed by atoms with van der Waals surface area (Å²) in [5.41, 5.74) is 5.58. The molecule has 3 nitrogen and oxygen atoms in total. The van der Waals surface area contributed by atoms with E-state index in [1.54, 1.807) is 12.2 Å². The fraction of sp³-hybridized carbons (Fsp3) is 0.333.